The predicted molar refractivity (Wildman–Crippen MR) is 67.7 cm³/mol. The highest BCUT2D eigenvalue weighted by atomic mass is 32.2. The Kier molecular flexibility index (Phi) is 5.27. The van der Waals surface area contributed by atoms with Crippen molar-refractivity contribution >= 4 is 23.6 Å². The Balaban J connectivity index is 2.47. The average Bonchev–Trinajstić information content (AvgIpc) is 2.61. The van der Waals surface area contributed by atoms with Crippen molar-refractivity contribution in [3.63, 3.8) is 0 Å². The fraction of sp³-hybridized carbons (Fsp3) is 0.818. The van der Waals surface area contributed by atoms with Gasteiger partial charge in [-0.3, -0.25) is 9.59 Å². The van der Waals surface area contributed by atoms with Crippen LogP contribution in [0.3, 0.4) is 0 Å². The molecule has 2 amide bonds. The number of carbonyl (C=O) groups is 2. The number of carbonyl (C=O) groups excluding carboxylic acids is 2. The molecule has 1 fully saturated rings. The second kappa shape index (κ2) is 6.26. The SMILES string of the molecule is CSC(CO)C(C)NC(=O)C1CC(=O)N(C)C1. The molecule has 0 bridgehead atoms. The first kappa shape index (κ1) is 14.3. The molecule has 17 heavy (non-hydrogen) atoms. The van der Waals surface area contributed by atoms with Gasteiger partial charge in [-0.05, 0) is 13.2 Å². The molecular weight excluding hydrogens is 240 g/mol. The molecule has 98 valence electrons. The van der Waals surface area contributed by atoms with E-state index in [0.717, 1.165) is 0 Å². The highest BCUT2D eigenvalue weighted by Crippen LogP contribution is 2.17. The fourth-order valence-electron chi connectivity index (χ4n) is 1.91. The Hall–Kier alpha value is -0.750. The Morgan fingerprint density at radius 2 is 2.35 bits per heavy atom. The lowest BCUT2D eigenvalue weighted by atomic mass is 10.1. The van der Waals surface area contributed by atoms with Gasteiger partial charge in [-0.25, -0.2) is 0 Å². The van der Waals surface area contributed by atoms with Crippen LogP contribution in [0.25, 0.3) is 0 Å². The smallest absolute Gasteiger partial charge is 0.225 e. The van der Waals surface area contributed by atoms with Crippen LogP contribution in [0.2, 0.25) is 0 Å². The van der Waals surface area contributed by atoms with Crippen LogP contribution in [0.15, 0.2) is 0 Å². The maximum Gasteiger partial charge on any atom is 0.225 e. The van der Waals surface area contributed by atoms with Crippen LogP contribution in [0.5, 0.6) is 0 Å². The standard InChI is InChI=1S/C11H20N2O3S/c1-7(9(6-14)17-3)12-11(16)8-4-10(15)13(2)5-8/h7-9,14H,4-6H2,1-3H3,(H,12,16). The zero-order chi connectivity index (χ0) is 13.0. The highest BCUT2D eigenvalue weighted by molar-refractivity contribution is 7.99. The summed E-state index contributed by atoms with van der Waals surface area (Å²) in [5, 5.41) is 12.0. The topological polar surface area (TPSA) is 69.6 Å². The van der Waals surface area contributed by atoms with Crippen LogP contribution in [0, 0.1) is 5.92 Å². The van der Waals surface area contributed by atoms with Crippen LogP contribution in [-0.2, 0) is 9.59 Å². The van der Waals surface area contributed by atoms with Crippen LogP contribution in [0.1, 0.15) is 13.3 Å². The number of hydrogen-bond acceptors (Lipinski definition) is 4. The van der Waals surface area contributed by atoms with Crippen molar-refractivity contribution in [1.82, 2.24) is 10.2 Å². The van der Waals surface area contributed by atoms with Crippen molar-refractivity contribution in [3.05, 3.63) is 0 Å². The molecule has 5 nitrogen and oxygen atoms in total. The van der Waals surface area contributed by atoms with Crippen molar-refractivity contribution < 1.29 is 14.7 Å². The molecule has 2 N–H and O–H groups in total. The zero-order valence-corrected chi connectivity index (χ0v) is 11.3. The van der Waals surface area contributed by atoms with E-state index in [0.29, 0.717) is 6.54 Å². The highest BCUT2D eigenvalue weighted by Gasteiger charge is 2.33. The van der Waals surface area contributed by atoms with Crippen molar-refractivity contribution in [2.45, 2.75) is 24.6 Å². The van der Waals surface area contributed by atoms with Gasteiger partial charge < -0.3 is 15.3 Å². The zero-order valence-electron chi connectivity index (χ0n) is 10.5. The Labute approximate surface area is 106 Å². The third kappa shape index (κ3) is 3.61. The quantitative estimate of drug-likeness (QED) is 0.711. The lowest BCUT2D eigenvalue weighted by Gasteiger charge is -2.22. The van der Waals surface area contributed by atoms with E-state index in [1.54, 1.807) is 11.9 Å². The van der Waals surface area contributed by atoms with Gasteiger partial charge >= 0.3 is 0 Å². The molecule has 0 saturated carbocycles. The minimum Gasteiger partial charge on any atom is -0.395 e. The van der Waals surface area contributed by atoms with Gasteiger partial charge in [0.05, 0.1) is 12.5 Å². The first-order valence-electron chi connectivity index (χ1n) is 5.67. The monoisotopic (exact) mass is 260 g/mol. The number of thioether (sulfide) groups is 1. The third-order valence-electron chi connectivity index (χ3n) is 3.12. The summed E-state index contributed by atoms with van der Waals surface area (Å²) >= 11 is 1.52. The minimum absolute atomic E-state index is 0.00576. The van der Waals surface area contributed by atoms with Crippen molar-refractivity contribution in [2.75, 3.05) is 26.5 Å². The van der Waals surface area contributed by atoms with Crippen molar-refractivity contribution in [3.8, 4) is 0 Å². The van der Waals surface area contributed by atoms with Gasteiger partial charge in [-0.1, -0.05) is 0 Å². The largest absolute Gasteiger partial charge is 0.395 e. The van der Waals surface area contributed by atoms with E-state index in [-0.39, 0.29) is 42.1 Å². The number of aliphatic hydroxyl groups is 1. The minimum atomic E-state index is -0.254. The van der Waals surface area contributed by atoms with Gasteiger partial charge in [0.25, 0.3) is 0 Å². The molecule has 0 radical (unpaired) electrons. The number of nitrogens with one attached hydrogen (secondary N) is 1. The summed E-state index contributed by atoms with van der Waals surface area (Å²) in [6.45, 7) is 2.39. The van der Waals surface area contributed by atoms with Crippen LogP contribution in [0.4, 0.5) is 0 Å². The molecule has 3 atom stereocenters. The van der Waals surface area contributed by atoms with Crippen molar-refractivity contribution in [2.24, 2.45) is 5.92 Å². The molecule has 0 spiro atoms. The molecule has 0 aromatic heterocycles. The average molecular weight is 260 g/mol. The molecule has 1 aliphatic rings. The van der Waals surface area contributed by atoms with Gasteiger partial charge in [0.15, 0.2) is 0 Å². The van der Waals surface area contributed by atoms with Gasteiger partial charge in [-0.2, -0.15) is 11.8 Å². The lowest BCUT2D eigenvalue weighted by Crippen LogP contribution is -2.44. The number of hydrogen-bond donors (Lipinski definition) is 2. The summed E-state index contributed by atoms with van der Waals surface area (Å²) < 4.78 is 0. The van der Waals surface area contributed by atoms with Crippen LogP contribution in [-0.4, -0.2) is 59.6 Å². The molecule has 6 heteroatoms. The Morgan fingerprint density at radius 1 is 1.71 bits per heavy atom. The molecule has 1 saturated heterocycles. The number of rotatable bonds is 5. The summed E-state index contributed by atoms with van der Waals surface area (Å²) in [5.41, 5.74) is 0. The van der Waals surface area contributed by atoms with Gasteiger partial charge in [0, 0.05) is 31.3 Å². The van der Waals surface area contributed by atoms with E-state index >= 15 is 0 Å². The second-order valence-corrected chi connectivity index (χ2v) is 5.51. The van der Waals surface area contributed by atoms with Gasteiger partial charge in [0.2, 0.25) is 11.8 Å². The Bertz CT molecular complexity index is 294. The maximum atomic E-state index is 11.9. The van der Waals surface area contributed by atoms with Crippen LogP contribution >= 0.6 is 11.8 Å². The van der Waals surface area contributed by atoms with Gasteiger partial charge in [-0.15, -0.1) is 0 Å². The third-order valence-corrected chi connectivity index (χ3v) is 4.28. The van der Waals surface area contributed by atoms with E-state index in [4.69, 9.17) is 5.11 Å². The molecule has 0 aromatic rings. The molecule has 0 aromatic carbocycles. The van der Waals surface area contributed by atoms with E-state index < -0.39 is 0 Å². The summed E-state index contributed by atoms with van der Waals surface area (Å²) in [5.74, 6) is -0.333. The van der Waals surface area contributed by atoms with E-state index in [2.05, 4.69) is 5.32 Å². The predicted octanol–water partition coefficient (Wildman–Crippen LogP) is -0.307. The second-order valence-electron chi connectivity index (χ2n) is 4.43. The number of likely N-dealkylation sites (tertiary alicyclic amines) is 1. The van der Waals surface area contributed by atoms with Crippen LogP contribution < -0.4 is 5.32 Å². The van der Waals surface area contributed by atoms with E-state index in [1.807, 2.05) is 13.2 Å². The van der Waals surface area contributed by atoms with E-state index in [1.165, 1.54) is 11.8 Å². The van der Waals surface area contributed by atoms with Gasteiger partial charge in [0.1, 0.15) is 0 Å². The maximum absolute atomic E-state index is 11.9. The molecule has 1 heterocycles. The fourth-order valence-corrected chi connectivity index (χ4v) is 2.54. The number of amides is 2. The summed E-state index contributed by atoms with van der Waals surface area (Å²) in [6, 6.07) is -0.0940. The first-order chi connectivity index (χ1) is 7.99. The summed E-state index contributed by atoms with van der Waals surface area (Å²) in [7, 11) is 1.71. The molecular formula is C11H20N2O3S. The number of nitrogens with zero attached hydrogens (tertiary/aromatic N) is 1. The van der Waals surface area contributed by atoms with Crippen molar-refractivity contribution in [1.29, 1.82) is 0 Å². The first-order valence-corrected chi connectivity index (χ1v) is 6.96. The van der Waals surface area contributed by atoms with E-state index in [9.17, 15) is 9.59 Å². The normalized spacial score (nSPS) is 23.6. The molecule has 3 unspecified atom stereocenters. The lowest BCUT2D eigenvalue weighted by molar-refractivity contribution is -0.128. The Morgan fingerprint density at radius 3 is 2.76 bits per heavy atom. The summed E-state index contributed by atoms with van der Waals surface area (Å²) in [4.78, 5) is 24.8. The molecule has 0 aliphatic carbocycles. The molecule has 1 aliphatic heterocycles. The number of aliphatic hydroxyl groups excluding tert-OH is 1. The molecule has 1 rings (SSSR count). The summed E-state index contributed by atoms with van der Waals surface area (Å²) in [6.07, 6.45) is 2.19.